The number of benzene rings is 1. The van der Waals surface area contributed by atoms with E-state index in [4.69, 9.17) is 9.15 Å². The number of fused-ring (bicyclic) bond motifs is 2. The molecule has 0 saturated carbocycles. The molecule has 8 nitrogen and oxygen atoms in total. The van der Waals surface area contributed by atoms with Gasteiger partial charge in [0.2, 0.25) is 11.8 Å². The van der Waals surface area contributed by atoms with Crippen molar-refractivity contribution in [1.82, 2.24) is 14.8 Å². The third-order valence-electron chi connectivity index (χ3n) is 6.17. The molecule has 3 heterocycles. The van der Waals surface area contributed by atoms with Gasteiger partial charge < -0.3 is 19.0 Å². The number of nitrogens with zero attached hydrogens (tertiary/aromatic N) is 3. The summed E-state index contributed by atoms with van der Waals surface area (Å²) < 4.78 is 13.1. The predicted octanol–water partition coefficient (Wildman–Crippen LogP) is 5.57. The van der Waals surface area contributed by atoms with Crippen molar-refractivity contribution in [2.45, 2.75) is 58.9 Å². The van der Waals surface area contributed by atoms with Crippen LogP contribution < -0.4 is 5.32 Å². The summed E-state index contributed by atoms with van der Waals surface area (Å²) in [6.45, 7) is 6.09. The molecule has 0 aliphatic heterocycles. The SMILES string of the molecule is CCOC(=O)c1c(NC(=O)Cn2c(-c3nnc(C(C)C)o3)cc3ccccc32)sc2c1CCCC2. The molecule has 35 heavy (non-hydrogen) atoms. The lowest BCUT2D eigenvalue weighted by Crippen LogP contribution is -2.20. The summed E-state index contributed by atoms with van der Waals surface area (Å²) in [7, 11) is 0. The number of hydrogen-bond acceptors (Lipinski definition) is 7. The molecule has 0 unspecified atom stereocenters. The summed E-state index contributed by atoms with van der Waals surface area (Å²) in [4.78, 5) is 27.3. The molecule has 0 radical (unpaired) electrons. The molecule has 182 valence electrons. The number of esters is 1. The lowest BCUT2D eigenvalue weighted by atomic mass is 9.95. The van der Waals surface area contributed by atoms with Crippen LogP contribution in [0.1, 0.15) is 66.2 Å². The first-order valence-corrected chi connectivity index (χ1v) is 12.8. The molecule has 0 fully saturated rings. The highest BCUT2D eigenvalue weighted by Crippen LogP contribution is 2.39. The van der Waals surface area contributed by atoms with E-state index in [1.54, 1.807) is 6.92 Å². The summed E-state index contributed by atoms with van der Waals surface area (Å²) in [6.07, 6.45) is 3.87. The smallest absolute Gasteiger partial charge is 0.341 e. The minimum absolute atomic E-state index is 0.0348. The van der Waals surface area contributed by atoms with Gasteiger partial charge in [-0.05, 0) is 50.3 Å². The molecule has 0 spiro atoms. The molecule has 5 rings (SSSR count). The predicted molar refractivity (Wildman–Crippen MR) is 135 cm³/mol. The van der Waals surface area contributed by atoms with E-state index in [2.05, 4.69) is 15.5 Å². The van der Waals surface area contributed by atoms with Crippen LogP contribution in [0.2, 0.25) is 0 Å². The van der Waals surface area contributed by atoms with Crippen LogP contribution in [-0.4, -0.2) is 33.2 Å². The number of ether oxygens (including phenoxy) is 1. The molecular weight excluding hydrogens is 464 g/mol. The Morgan fingerprint density at radius 1 is 1.20 bits per heavy atom. The fourth-order valence-electron chi connectivity index (χ4n) is 4.51. The molecule has 4 aromatic rings. The van der Waals surface area contributed by atoms with Crippen molar-refractivity contribution in [1.29, 1.82) is 0 Å². The minimum Gasteiger partial charge on any atom is -0.462 e. The zero-order valence-electron chi connectivity index (χ0n) is 20.1. The van der Waals surface area contributed by atoms with Gasteiger partial charge in [0.05, 0.1) is 12.2 Å². The number of anilines is 1. The first-order valence-electron chi connectivity index (χ1n) is 12.0. The lowest BCUT2D eigenvalue weighted by Gasteiger charge is -2.12. The van der Waals surface area contributed by atoms with Crippen LogP contribution in [0, 0.1) is 0 Å². The van der Waals surface area contributed by atoms with E-state index in [1.807, 2.05) is 48.7 Å². The van der Waals surface area contributed by atoms with Crippen LogP contribution in [0.5, 0.6) is 0 Å². The second-order valence-electron chi connectivity index (χ2n) is 8.96. The Morgan fingerprint density at radius 2 is 2.00 bits per heavy atom. The number of amides is 1. The van der Waals surface area contributed by atoms with Crippen molar-refractivity contribution in [3.05, 3.63) is 52.2 Å². The Labute approximate surface area is 207 Å². The number of aromatic nitrogens is 3. The van der Waals surface area contributed by atoms with Crippen LogP contribution >= 0.6 is 11.3 Å². The average molecular weight is 493 g/mol. The monoisotopic (exact) mass is 492 g/mol. The third-order valence-corrected chi connectivity index (χ3v) is 7.38. The van der Waals surface area contributed by atoms with Gasteiger partial charge in [-0.25, -0.2) is 4.79 Å². The quantitative estimate of drug-likeness (QED) is 0.339. The molecular formula is C26H28N4O4S. The van der Waals surface area contributed by atoms with Crippen molar-refractivity contribution < 1.29 is 18.7 Å². The molecule has 1 aliphatic carbocycles. The molecule has 9 heteroatoms. The van der Waals surface area contributed by atoms with Gasteiger partial charge in [0.25, 0.3) is 5.89 Å². The Morgan fingerprint density at radius 3 is 2.77 bits per heavy atom. The molecule has 1 aromatic carbocycles. The van der Waals surface area contributed by atoms with Crippen molar-refractivity contribution in [3.63, 3.8) is 0 Å². The van der Waals surface area contributed by atoms with Crippen LogP contribution in [-0.2, 0) is 28.9 Å². The molecule has 1 N–H and O–H groups in total. The maximum absolute atomic E-state index is 13.3. The number of hydrogen-bond donors (Lipinski definition) is 1. The van der Waals surface area contributed by atoms with E-state index < -0.39 is 0 Å². The van der Waals surface area contributed by atoms with E-state index in [0.29, 0.717) is 28.0 Å². The summed E-state index contributed by atoms with van der Waals surface area (Å²) in [5, 5.41) is 12.9. The maximum Gasteiger partial charge on any atom is 0.341 e. The van der Waals surface area contributed by atoms with Crippen molar-refractivity contribution >= 4 is 39.1 Å². The summed E-state index contributed by atoms with van der Waals surface area (Å²) >= 11 is 1.48. The average Bonchev–Trinajstić information content (AvgIpc) is 3.55. The van der Waals surface area contributed by atoms with Crippen LogP contribution in [0.4, 0.5) is 5.00 Å². The Balaban J connectivity index is 1.48. The van der Waals surface area contributed by atoms with E-state index in [1.165, 1.54) is 11.3 Å². The number of aryl methyl sites for hydroxylation is 1. The Kier molecular flexibility index (Phi) is 6.42. The number of nitrogens with one attached hydrogen (secondary N) is 1. The number of thiophene rings is 1. The van der Waals surface area contributed by atoms with Gasteiger partial charge in [0.15, 0.2) is 0 Å². The first kappa shape index (κ1) is 23.3. The van der Waals surface area contributed by atoms with Crippen LogP contribution in [0.25, 0.3) is 22.5 Å². The molecule has 3 aromatic heterocycles. The normalized spacial score (nSPS) is 13.3. The Hall–Kier alpha value is -3.46. The largest absolute Gasteiger partial charge is 0.462 e. The second kappa shape index (κ2) is 9.65. The van der Waals surface area contributed by atoms with Crippen molar-refractivity contribution in [2.24, 2.45) is 0 Å². The summed E-state index contributed by atoms with van der Waals surface area (Å²) in [5.41, 5.74) is 3.10. The third kappa shape index (κ3) is 4.48. The van der Waals surface area contributed by atoms with Gasteiger partial charge >= 0.3 is 5.97 Å². The minimum atomic E-state index is -0.374. The fraction of sp³-hybridized carbons (Fsp3) is 0.385. The number of rotatable bonds is 7. The van der Waals surface area contributed by atoms with Gasteiger partial charge in [-0.15, -0.1) is 21.5 Å². The van der Waals surface area contributed by atoms with E-state index in [0.717, 1.165) is 47.0 Å². The first-order chi connectivity index (χ1) is 17.0. The lowest BCUT2D eigenvalue weighted by molar-refractivity contribution is -0.116. The van der Waals surface area contributed by atoms with Crippen molar-refractivity contribution in [2.75, 3.05) is 11.9 Å². The molecule has 0 saturated heterocycles. The highest BCUT2D eigenvalue weighted by atomic mass is 32.1. The fourth-order valence-corrected chi connectivity index (χ4v) is 5.81. The zero-order chi connectivity index (χ0) is 24.5. The van der Waals surface area contributed by atoms with E-state index in [-0.39, 0.29) is 30.9 Å². The summed E-state index contributed by atoms with van der Waals surface area (Å²) in [6, 6.07) is 9.78. The van der Waals surface area contributed by atoms with Gasteiger partial charge in [0.1, 0.15) is 17.2 Å². The van der Waals surface area contributed by atoms with Gasteiger partial charge in [-0.2, -0.15) is 0 Å². The highest BCUT2D eigenvalue weighted by molar-refractivity contribution is 7.17. The zero-order valence-corrected chi connectivity index (χ0v) is 20.9. The van der Waals surface area contributed by atoms with Gasteiger partial charge in [-0.1, -0.05) is 32.0 Å². The second-order valence-corrected chi connectivity index (χ2v) is 10.1. The van der Waals surface area contributed by atoms with Crippen LogP contribution in [0.15, 0.2) is 34.7 Å². The van der Waals surface area contributed by atoms with Crippen LogP contribution in [0.3, 0.4) is 0 Å². The topological polar surface area (TPSA) is 99.2 Å². The summed E-state index contributed by atoms with van der Waals surface area (Å²) in [5.74, 6) is 0.409. The van der Waals surface area contributed by atoms with Gasteiger partial charge in [-0.3, -0.25) is 4.79 Å². The standard InChI is InChI=1S/C26H28N4O4S/c1-4-33-26(32)22-17-10-6-8-12-20(17)35-25(22)27-21(31)14-30-18-11-7-5-9-16(18)13-19(30)24-29-28-23(34-24)15(2)3/h5,7,9,11,13,15H,4,6,8,10,12,14H2,1-3H3,(H,27,31). The number of carbonyl (C=O) groups excluding carboxylic acids is 2. The van der Waals surface area contributed by atoms with E-state index >= 15 is 0 Å². The molecule has 0 atom stereocenters. The Bertz CT molecular complexity index is 1400. The number of para-hydroxylation sites is 1. The molecule has 0 bridgehead atoms. The molecule has 1 aliphatic rings. The van der Waals surface area contributed by atoms with Crippen molar-refractivity contribution in [3.8, 4) is 11.6 Å². The molecule has 1 amide bonds. The maximum atomic E-state index is 13.3. The number of carbonyl (C=O) groups is 2. The van der Waals surface area contributed by atoms with Gasteiger partial charge in [0, 0.05) is 21.7 Å². The van der Waals surface area contributed by atoms with E-state index in [9.17, 15) is 9.59 Å². The highest BCUT2D eigenvalue weighted by Gasteiger charge is 2.28.